The van der Waals surface area contributed by atoms with Crippen molar-refractivity contribution in [2.75, 3.05) is 0 Å². The number of carbonyl (C=O) groups is 2. The third kappa shape index (κ3) is 6.40. The summed E-state index contributed by atoms with van der Waals surface area (Å²) in [6.45, 7) is 10.6. The van der Waals surface area contributed by atoms with Crippen molar-refractivity contribution in [1.29, 1.82) is 0 Å². The van der Waals surface area contributed by atoms with Crippen LogP contribution in [0.25, 0.3) is 0 Å². The molecule has 0 heterocycles. The molecular weight excluding hydrogens is 224 g/mol. The number of hydrogen-bond donors (Lipinski definition) is 0. The minimum absolute atomic E-state index is 0.475. The monoisotopic (exact) mass is 242 g/mol. The standard InChI is InChI=1S/C12H18O5/c1-5-9(6-2)15-11(13)17-12(14)16-10(7-3)8-4/h5,7,9-10H,1,3,6,8H2,2,4H3. The summed E-state index contributed by atoms with van der Waals surface area (Å²) in [4.78, 5) is 22.2. The fraction of sp³-hybridized carbons (Fsp3) is 0.500. The van der Waals surface area contributed by atoms with Crippen LogP contribution in [-0.2, 0) is 14.2 Å². The average molecular weight is 242 g/mol. The van der Waals surface area contributed by atoms with E-state index in [0.29, 0.717) is 12.8 Å². The quantitative estimate of drug-likeness (QED) is 0.406. The van der Waals surface area contributed by atoms with Gasteiger partial charge < -0.3 is 14.2 Å². The topological polar surface area (TPSA) is 61.8 Å². The minimum Gasteiger partial charge on any atom is -0.426 e. The number of rotatable bonds is 6. The van der Waals surface area contributed by atoms with Crippen molar-refractivity contribution in [2.45, 2.75) is 38.9 Å². The zero-order chi connectivity index (χ0) is 13.3. The molecule has 5 heteroatoms. The van der Waals surface area contributed by atoms with E-state index >= 15 is 0 Å². The number of hydrogen-bond acceptors (Lipinski definition) is 5. The Morgan fingerprint density at radius 2 is 1.35 bits per heavy atom. The first kappa shape index (κ1) is 15.2. The predicted octanol–water partition coefficient (Wildman–Crippen LogP) is 3.21. The molecule has 2 unspecified atom stereocenters. The zero-order valence-electron chi connectivity index (χ0n) is 10.2. The summed E-state index contributed by atoms with van der Waals surface area (Å²) in [5, 5.41) is 0. The van der Waals surface area contributed by atoms with Crippen LogP contribution < -0.4 is 0 Å². The fourth-order valence-corrected chi connectivity index (χ4v) is 0.960. The Morgan fingerprint density at radius 1 is 1.00 bits per heavy atom. The molecule has 0 aliphatic carbocycles. The lowest BCUT2D eigenvalue weighted by Crippen LogP contribution is -2.22. The second-order valence-corrected chi connectivity index (χ2v) is 3.20. The highest BCUT2D eigenvalue weighted by molar-refractivity contribution is 5.77. The van der Waals surface area contributed by atoms with Crippen LogP contribution in [0.15, 0.2) is 25.3 Å². The molecule has 0 aromatic heterocycles. The molecule has 0 saturated heterocycles. The van der Waals surface area contributed by atoms with Crippen molar-refractivity contribution in [2.24, 2.45) is 0 Å². The maximum absolute atomic E-state index is 11.1. The summed E-state index contributed by atoms with van der Waals surface area (Å²) < 4.78 is 13.8. The van der Waals surface area contributed by atoms with Gasteiger partial charge in [-0.1, -0.05) is 39.2 Å². The van der Waals surface area contributed by atoms with Crippen LogP contribution >= 0.6 is 0 Å². The number of carbonyl (C=O) groups excluding carboxylic acids is 2. The molecule has 5 nitrogen and oxygen atoms in total. The van der Waals surface area contributed by atoms with E-state index in [4.69, 9.17) is 9.47 Å². The van der Waals surface area contributed by atoms with E-state index in [1.807, 2.05) is 13.8 Å². The van der Waals surface area contributed by atoms with E-state index in [1.54, 1.807) is 0 Å². The van der Waals surface area contributed by atoms with Gasteiger partial charge in [0.15, 0.2) is 0 Å². The van der Waals surface area contributed by atoms with Crippen LogP contribution in [0.4, 0.5) is 9.59 Å². The summed E-state index contributed by atoms with van der Waals surface area (Å²) in [6, 6.07) is 0. The zero-order valence-corrected chi connectivity index (χ0v) is 10.2. The average Bonchev–Trinajstić information content (AvgIpc) is 2.32. The molecule has 0 fully saturated rings. The maximum Gasteiger partial charge on any atom is 0.519 e. The van der Waals surface area contributed by atoms with Crippen LogP contribution in [-0.4, -0.2) is 24.5 Å². The molecule has 17 heavy (non-hydrogen) atoms. The van der Waals surface area contributed by atoms with Crippen LogP contribution in [0.3, 0.4) is 0 Å². The summed E-state index contributed by atoms with van der Waals surface area (Å²) in [5.41, 5.74) is 0. The molecule has 96 valence electrons. The van der Waals surface area contributed by atoms with Crippen molar-refractivity contribution in [3.05, 3.63) is 25.3 Å². The van der Waals surface area contributed by atoms with Crippen LogP contribution in [0.2, 0.25) is 0 Å². The van der Waals surface area contributed by atoms with Crippen molar-refractivity contribution < 1.29 is 23.8 Å². The van der Waals surface area contributed by atoms with Gasteiger partial charge in [-0.25, -0.2) is 9.59 Å². The highest BCUT2D eigenvalue weighted by Crippen LogP contribution is 2.04. The summed E-state index contributed by atoms with van der Waals surface area (Å²) in [6.07, 6.45) is 0.862. The van der Waals surface area contributed by atoms with Gasteiger partial charge in [0.1, 0.15) is 12.2 Å². The van der Waals surface area contributed by atoms with E-state index < -0.39 is 24.5 Å². The lowest BCUT2D eigenvalue weighted by atomic mass is 10.3. The van der Waals surface area contributed by atoms with E-state index in [9.17, 15) is 9.59 Å². The van der Waals surface area contributed by atoms with Crippen LogP contribution in [0, 0.1) is 0 Å². The van der Waals surface area contributed by atoms with Gasteiger partial charge in [-0.15, -0.1) is 0 Å². The van der Waals surface area contributed by atoms with Crippen LogP contribution in [0.1, 0.15) is 26.7 Å². The van der Waals surface area contributed by atoms with Crippen molar-refractivity contribution in [3.8, 4) is 0 Å². The van der Waals surface area contributed by atoms with Gasteiger partial charge in [0, 0.05) is 0 Å². The predicted molar refractivity (Wildman–Crippen MR) is 62.6 cm³/mol. The summed E-state index contributed by atoms with van der Waals surface area (Å²) in [7, 11) is 0. The summed E-state index contributed by atoms with van der Waals surface area (Å²) in [5.74, 6) is 0. The van der Waals surface area contributed by atoms with Gasteiger partial charge in [0.25, 0.3) is 0 Å². The highest BCUT2D eigenvalue weighted by atomic mass is 16.8. The van der Waals surface area contributed by atoms with Crippen molar-refractivity contribution in [3.63, 3.8) is 0 Å². The van der Waals surface area contributed by atoms with Gasteiger partial charge in [0.2, 0.25) is 0 Å². The normalized spacial score (nSPS) is 13.1. The van der Waals surface area contributed by atoms with E-state index in [-0.39, 0.29) is 0 Å². The Kier molecular flexibility index (Phi) is 7.50. The Labute approximate surface area is 101 Å². The van der Waals surface area contributed by atoms with Crippen LogP contribution in [0.5, 0.6) is 0 Å². The number of ether oxygens (including phenoxy) is 3. The van der Waals surface area contributed by atoms with Gasteiger partial charge in [-0.2, -0.15) is 0 Å². The summed E-state index contributed by atoms with van der Waals surface area (Å²) >= 11 is 0. The first-order valence-corrected chi connectivity index (χ1v) is 5.41. The molecule has 0 amide bonds. The Morgan fingerprint density at radius 3 is 1.59 bits per heavy atom. The molecule has 2 atom stereocenters. The van der Waals surface area contributed by atoms with E-state index in [1.165, 1.54) is 12.2 Å². The Balaban J connectivity index is 4.07. The Bertz CT molecular complexity index is 257. The van der Waals surface area contributed by atoms with E-state index in [2.05, 4.69) is 17.9 Å². The molecule has 0 spiro atoms. The SMILES string of the molecule is C=CC(CC)OC(=O)OC(=O)OC(C=C)CC. The molecule has 0 aromatic carbocycles. The lowest BCUT2D eigenvalue weighted by molar-refractivity contribution is 0.0156. The highest BCUT2D eigenvalue weighted by Gasteiger charge is 2.18. The molecule has 0 aliphatic heterocycles. The first-order valence-electron chi connectivity index (χ1n) is 5.41. The molecule has 0 N–H and O–H groups in total. The molecule has 0 saturated carbocycles. The van der Waals surface area contributed by atoms with Gasteiger partial charge in [-0.05, 0) is 12.8 Å². The molecule has 0 aromatic rings. The lowest BCUT2D eigenvalue weighted by Gasteiger charge is -2.13. The van der Waals surface area contributed by atoms with Gasteiger partial charge in [0.05, 0.1) is 0 Å². The smallest absolute Gasteiger partial charge is 0.426 e. The second-order valence-electron chi connectivity index (χ2n) is 3.20. The molecule has 0 rings (SSSR count). The molecule has 0 aliphatic rings. The maximum atomic E-state index is 11.1. The van der Waals surface area contributed by atoms with Crippen molar-refractivity contribution >= 4 is 12.3 Å². The largest absolute Gasteiger partial charge is 0.519 e. The first-order chi connectivity index (χ1) is 8.07. The molecule has 0 radical (unpaired) electrons. The van der Waals surface area contributed by atoms with Gasteiger partial charge in [-0.3, -0.25) is 0 Å². The molecule has 0 bridgehead atoms. The Hall–Kier alpha value is -1.78. The minimum atomic E-state index is -1.10. The van der Waals surface area contributed by atoms with Gasteiger partial charge >= 0.3 is 12.3 Å². The molecular formula is C12H18O5. The third-order valence-corrected chi connectivity index (χ3v) is 1.99. The van der Waals surface area contributed by atoms with Crippen molar-refractivity contribution in [1.82, 2.24) is 0 Å². The fourth-order valence-electron chi connectivity index (χ4n) is 0.960. The second kappa shape index (κ2) is 8.38. The third-order valence-electron chi connectivity index (χ3n) is 1.99. The van der Waals surface area contributed by atoms with E-state index in [0.717, 1.165) is 0 Å².